The highest BCUT2D eigenvalue weighted by Crippen LogP contribution is 2.46. The Balaban J connectivity index is 0.988. The van der Waals surface area contributed by atoms with Crippen LogP contribution in [-0.4, -0.2) is 122 Å². The SMILES string of the molecule is CC1(C)CCC(CN2CCN(c3ccc(C(=O)CS(=O)(=O)c4ccc(NCC5CN(C(=O)C(F)(F)F)CCO5)c([N+](=O)[O-])c4)c(Oc4cnc5[nH]ccc5c4)c3)CC2)=C(c2ccc(C(F)(F)F)cc2Cl)C1. The van der Waals surface area contributed by atoms with Crippen LogP contribution in [0, 0.1) is 15.5 Å². The van der Waals surface area contributed by atoms with Crippen LogP contribution in [0.1, 0.15) is 54.6 Å². The molecule has 1 aliphatic carbocycles. The second-order valence-corrected chi connectivity index (χ2v) is 20.9. The molecule has 2 aliphatic heterocycles. The molecule has 23 heteroatoms. The summed E-state index contributed by atoms with van der Waals surface area (Å²) in [6.07, 6.45) is -5.15. The third-order valence-corrected chi connectivity index (χ3v) is 14.8. The van der Waals surface area contributed by atoms with E-state index in [0.717, 1.165) is 54.3 Å². The number of alkyl halides is 6. The largest absolute Gasteiger partial charge is 0.471 e. The Labute approximate surface area is 408 Å². The zero-order valence-electron chi connectivity index (χ0n) is 38.3. The molecule has 2 aromatic heterocycles. The molecular formula is C48H48ClF6N7O8S. The number of piperazine rings is 1. The molecule has 0 spiro atoms. The number of fused-ring (bicyclic) bond motifs is 1. The molecular weight excluding hydrogens is 984 g/mol. The van der Waals surface area contributed by atoms with Gasteiger partial charge in [-0.1, -0.05) is 37.1 Å². The van der Waals surface area contributed by atoms with E-state index in [-0.39, 0.29) is 52.9 Å². The predicted molar refractivity (Wildman–Crippen MR) is 253 cm³/mol. The number of nitro benzene ring substituents is 1. The molecule has 2 saturated heterocycles. The first-order chi connectivity index (χ1) is 33.4. The minimum Gasteiger partial charge on any atom is -0.455 e. The van der Waals surface area contributed by atoms with E-state index in [9.17, 15) is 54.5 Å². The van der Waals surface area contributed by atoms with Crippen molar-refractivity contribution in [1.82, 2.24) is 19.8 Å². The number of nitrogens with zero attached hydrogens (tertiary/aromatic N) is 5. The standard InChI is InChI=1S/C48H48ClF6N7O8S/c1-46(2)11-9-30(38(23-46)36-6-3-31(20-39(36)49)47(50,51)52)26-59-13-15-60(16-14-59)32-4-7-37(43(21-32)70-33-19-29-10-12-56-44(29)58-24-33)42(63)28-71(67,68)35-5-8-40(41(22-35)62(65)66)57-25-34-27-61(17-18-69-34)45(64)48(53,54)55/h3-8,10,12,19-22,24,34,57H,9,11,13-18,23,25-28H2,1-2H3,(H,56,58). The maximum absolute atomic E-state index is 14.1. The number of rotatable bonds is 14. The third kappa shape index (κ3) is 11.9. The lowest BCUT2D eigenvalue weighted by Gasteiger charge is -2.39. The highest BCUT2D eigenvalue weighted by atomic mass is 35.5. The monoisotopic (exact) mass is 1030 g/mol. The number of amides is 1. The Kier molecular flexibility index (Phi) is 14.5. The molecule has 3 aromatic carbocycles. The van der Waals surface area contributed by atoms with Gasteiger partial charge in [-0.2, -0.15) is 26.3 Å². The topological polar surface area (TPSA) is 180 Å². The van der Waals surface area contributed by atoms with Gasteiger partial charge in [0.15, 0.2) is 15.6 Å². The first kappa shape index (κ1) is 51.1. The van der Waals surface area contributed by atoms with E-state index in [1.165, 1.54) is 18.3 Å². The number of allylic oxidation sites excluding steroid dienone is 1. The quantitative estimate of drug-likeness (QED) is 0.0466. The van der Waals surface area contributed by atoms with Crippen molar-refractivity contribution in [1.29, 1.82) is 0 Å². The molecule has 0 bridgehead atoms. The number of halogens is 7. The predicted octanol–water partition coefficient (Wildman–Crippen LogP) is 9.58. The van der Waals surface area contributed by atoms with Crippen LogP contribution in [0.2, 0.25) is 5.02 Å². The van der Waals surface area contributed by atoms with Gasteiger partial charge in [-0.3, -0.25) is 24.6 Å². The number of carbonyl (C=O) groups excluding carboxylic acids is 2. The van der Waals surface area contributed by atoms with Crippen molar-refractivity contribution >= 4 is 66.8 Å². The van der Waals surface area contributed by atoms with Crippen LogP contribution in [0.3, 0.4) is 0 Å². The zero-order chi connectivity index (χ0) is 51.0. The van der Waals surface area contributed by atoms with Crippen molar-refractivity contribution in [3.05, 3.63) is 117 Å². The Morgan fingerprint density at radius 2 is 1.76 bits per heavy atom. The number of nitro groups is 1. The normalized spacial score (nSPS) is 18.2. The molecule has 1 unspecified atom stereocenters. The summed E-state index contributed by atoms with van der Waals surface area (Å²) in [7, 11) is -4.55. The third-order valence-electron chi connectivity index (χ3n) is 12.9. The lowest BCUT2D eigenvalue weighted by Crippen LogP contribution is -2.51. The fraction of sp³-hybridized carbons (Fsp3) is 0.396. The number of Topliss-reactive ketones (excluding diaryl/α,β-unsaturated/α-hetero) is 1. The highest BCUT2D eigenvalue weighted by molar-refractivity contribution is 7.92. The zero-order valence-corrected chi connectivity index (χ0v) is 39.9. The molecule has 2 N–H and O–H groups in total. The summed E-state index contributed by atoms with van der Waals surface area (Å²) in [6, 6.07) is 14.7. The lowest BCUT2D eigenvalue weighted by atomic mass is 9.72. The summed E-state index contributed by atoms with van der Waals surface area (Å²) in [5, 5.41) is 15.6. The summed E-state index contributed by atoms with van der Waals surface area (Å²) in [5.41, 5.74) is 2.08. The van der Waals surface area contributed by atoms with Crippen molar-refractivity contribution in [3.8, 4) is 11.5 Å². The van der Waals surface area contributed by atoms with Crippen LogP contribution in [0.4, 0.5) is 43.4 Å². The molecule has 2 fully saturated rings. The van der Waals surface area contributed by atoms with Crippen LogP contribution >= 0.6 is 11.6 Å². The van der Waals surface area contributed by atoms with Gasteiger partial charge in [0.2, 0.25) is 0 Å². The van der Waals surface area contributed by atoms with Gasteiger partial charge in [0.1, 0.15) is 28.6 Å². The fourth-order valence-electron chi connectivity index (χ4n) is 9.06. The van der Waals surface area contributed by atoms with Crippen molar-refractivity contribution in [3.63, 3.8) is 0 Å². The minimum atomic E-state index is -5.09. The average Bonchev–Trinajstić information content (AvgIpc) is 3.79. The number of aromatic nitrogens is 2. The van der Waals surface area contributed by atoms with E-state index in [4.69, 9.17) is 21.1 Å². The number of H-pyrrole nitrogens is 1. The molecule has 8 rings (SSSR count). The number of sulfone groups is 1. The van der Waals surface area contributed by atoms with Crippen LogP contribution in [0.25, 0.3) is 16.6 Å². The van der Waals surface area contributed by atoms with Gasteiger partial charge >= 0.3 is 18.3 Å². The van der Waals surface area contributed by atoms with Gasteiger partial charge in [0.05, 0.1) is 39.9 Å². The molecule has 4 heterocycles. The van der Waals surface area contributed by atoms with Crippen LogP contribution in [-0.2, 0) is 25.5 Å². The Bertz CT molecular complexity index is 3010. The van der Waals surface area contributed by atoms with Crippen molar-refractivity contribution in [2.24, 2.45) is 5.41 Å². The smallest absolute Gasteiger partial charge is 0.455 e. The Morgan fingerprint density at radius 1 is 1.00 bits per heavy atom. The number of morpholine rings is 1. The van der Waals surface area contributed by atoms with E-state index in [2.05, 4.69) is 38.9 Å². The number of aromatic amines is 1. The van der Waals surface area contributed by atoms with Crippen molar-refractivity contribution in [2.75, 3.05) is 74.9 Å². The highest BCUT2D eigenvalue weighted by Gasteiger charge is 2.44. The first-order valence-electron chi connectivity index (χ1n) is 22.5. The Hall–Kier alpha value is -6.23. The minimum absolute atomic E-state index is 0.0285. The van der Waals surface area contributed by atoms with E-state index in [1.807, 2.05) is 0 Å². The summed E-state index contributed by atoms with van der Waals surface area (Å²) in [5.74, 6) is -3.74. The molecule has 0 saturated carbocycles. The Morgan fingerprint density at radius 3 is 2.46 bits per heavy atom. The number of carbonyl (C=O) groups is 2. The van der Waals surface area contributed by atoms with Crippen LogP contribution in [0.5, 0.6) is 11.5 Å². The summed E-state index contributed by atoms with van der Waals surface area (Å²) in [6.45, 7) is 5.96. The van der Waals surface area contributed by atoms with Crippen molar-refractivity contribution in [2.45, 2.75) is 56.5 Å². The number of pyridine rings is 1. The number of ketones is 1. The van der Waals surface area contributed by atoms with Gasteiger partial charge in [0.25, 0.3) is 5.69 Å². The van der Waals surface area contributed by atoms with E-state index < -0.39 is 73.4 Å². The molecule has 15 nitrogen and oxygen atoms in total. The molecule has 1 atom stereocenters. The molecule has 5 aromatic rings. The van der Waals surface area contributed by atoms with Gasteiger partial charge in [-0.05, 0) is 84.3 Å². The van der Waals surface area contributed by atoms with Gasteiger partial charge in [0, 0.05) is 86.8 Å². The maximum atomic E-state index is 14.1. The summed E-state index contributed by atoms with van der Waals surface area (Å²) < 4.78 is 119. The van der Waals surface area contributed by atoms with Gasteiger partial charge in [-0.25, -0.2) is 13.4 Å². The first-order valence-corrected chi connectivity index (χ1v) is 24.5. The van der Waals surface area contributed by atoms with Gasteiger partial charge < -0.3 is 29.6 Å². The molecule has 0 radical (unpaired) electrons. The maximum Gasteiger partial charge on any atom is 0.471 e. The number of nitrogens with one attached hydrogen (secondary N) is 2. The second kappa shape index (κ2) is 20.1. The van der Waals surface area contributed by atoms with Gasteiger partial charge in [-0.15, -0.1) is 0 Å². The molecule has 71 heavy (non-hydrogen) atoms. The second-order valence-electron chi connectivity index (χ2n) is 18.5. The summed E-state index contributed by atoms with van der Waals surface area (Å²) >= 11 is 6.52. The fourth-order valence-corrected chi connectivity index (χ4v) is 10.6. The summed E-state index contributed by atoms with van der Waals surface area (Å²) in [4.78, 5) is 48.9. The molecule has 378 valence electrons. The van der Waals surface area contributed by atoms with E-state index in [0.29, 0.717) is 66.3 Å². The van der Waals surface area contributed by atoms with Crippen molar-refractivity contribution < 1.29 is 58.7 Å². The number of hydrogen-bond acceptors (Lipinski definition) is 12. The number of hydrogen-bond donors (Lipinski definition) is 2. The number of ether oxygens (including phenoxy) is 2. The van der Waals surface area contributed by atoms with E-state index in [1.54, 1.807) is 30.5 Å². The van der Waals surface area contributed by atoms with Crippen LogP contribution in [0.15, 0.2) is 89.6 Å². The number of anilines is 2. The molecule has 3 aliphatic rings. The van der Waals surface area contributed by atoms with Crippen LogP contribution < -0.4 is 15.0 Å². The average molecular weight is 1030 g/mol. The lowest BCUT2D eigenvalue weighted by molar-refractivity contribution is -0.384. The van der Waals surface area contributed by atoms with E-state index >= 15 is 0 Å². The number of benzene rings is 3. The molecule has 1 amide bonds.